The first-order chi connectivity index (χ1) is 7.71. The summed E-state index contributed by atoms with van der Waals surface area (Å²) < 4.78 is 28.0. The Morgan fingerprint density at radius 2 is 1.76 bits per heavy atom. The summed E-state index contributed by atoms with van der Waals surface area (Å²) in [5.41, 5.74) is -0.539. The average Bonchev–Trinajstić information content (AvgIpc) is 2.26. The number of sulfone groups is 1. The van der Waals surface area contributed by atoms with E-state index in [0.717, 1.165) is 6.26 Å². The highest BCUT2D eigenvalue weighted by atomic mass is 32.2. The summed E-state index contributed by atoms with van der Waals surface area (Å²) >= 11 is 0. The molecule has 0 amide bonds. The second kappa shape index (κ2) is 4.49. The number of hydrogen-bond donors (Lipinski definition) is 0. The van der Waals surface area contributed by atoms with Gasteiger partial charge in [-0.15, -0.1) is 0 Å². The van der Waals surface area contributed by atoms with E-state index in [4.69, 9.17) is 4.74 Å². The van der Waals surface area contributed by atoms with E-state index in [0.29, 0.717) is 5.56 Å². The number of methoxy groups -OCH3 is 1. The van der Waals surface area contributed by atoms with Crippen LogP contribution >= 0.6 is 0 Å². The summed E-state index contributed by atoms with van der Waals surface area (Å²) in [6.07, 6.45) is 1.12. The molecule has 94 valence electrons. The van der Waals surface area contributed by atoms with E-state index < -0.39 is 21.2 Å². The van der Waals surface area contributed by atoms with Gasteiger partial charge in [0.25, 0.3) is 0 Å². The van der Waals surface area contributed by atoms with Gasteiger partial charge in [0.1, 0.15) is 0 Å². The van der Waals surface area contributed by atoms with Crippen molar-refractivity contribution in [3.8, 4) is 0 Å². The van der Waals surface area contributed by atoms with Crippen LogP contribution in [0.4, 0.5) is 0 Å². The largest absolute Gasteiger partial charge is 0.468 e. The lowest BCUT2D eigenvalue weighted by atomic mass is 9.85. The number of rotatable bonds is 3. The highest BCUT2D eigenvalue weighted by Gasteiger charge is 2.34. The minimum Gasteiger partial charge on any atom is -0.468 e. The first kappa shape index (κ1) is 13.7. The summed E-state index contributed by atoms with van der Waals surface area (Å²) in [5.74, 6) is -0.464. The van der Waals surface area contributed by atoms with E-state index >= 15 is 0 Å². The van der Waals surface area contributed by atoms with Crippen molar-refractivity contribution in [3.63, 3.8) is 0 Å². The normalized spacial score (nSPS) is 12.2. The fourth-order valence-electron chi connectivity index (χ4n) is 1.67. The second-order valence-electron chi connectivity index (χ2n) is 4.38. The molecule has 0 aliphatic heterocycles. The zero-order valence-corrected chi connectivity index (χ0v) is 11.2. The van der Waals surface area contributed by atoms with Crippen molar-refractivity contribution in [1.29, 1.82) is 0 Å². The Hall–Kier alpha value is -1.36. The lowest BCUT2D eigenvalue weighted by Crippen LogP contribution is -2.31. The van der Waals surface area contributed by atoms with Crippen LogP contribution in [0.1, 0.15) is 19.4 Å². The molecule has 0 radical (unpaired) electrons. The van der Waals surface area contributed by atoms with E-state index in [2.05, 4.69) is 0 Å². The molecule has 0 spiro atoms. The maximum absolute atomic E-state index is 11.7. The monoisotopic (exact) mass is 256 g/mol. The molecule has 0 aliphatic rings. The van der Waals surface area contributed by atoms with Crippen molar-refractivity contribution in [2.45, 2.75) is 24.2 Å². The summed E-state index contributed by atoms with van der Waals surface area (Å²) in [7, 11) is -2.08. The van der Waals surface area contributed by atoms with E-state index in [1.165, 1.54) is 13.2 Å². The minimum atomic E-state index is -3.37. The van der Waals surface area contributed by atoms with Gasteiger partial charge in [0.15, 0.2) is 9.84 Å². The fraction of sp³-hybridized carbons (Fsp3) is 0.417. The molecule has 0 bridgehead atoms. The smallest absolute Gasteiger partial charge is 0.315 e. The van der Waals surface area contributed by atoms with Crippen molar-refractivity contribution in [1.82, 2.24) is 0 Å². The van der Waals surface area contributed by atoms with Crippen LogP contribution < -0.4 is 0 Å². The highest BCUT2D eigenvalue weighted by Crippen LogP contribution is 2.30. The maximum atomic E-state index is 11.7. The molecule has 0 unspecified atom stereocenters. The molecular weight excluding hydrogens is 240 g/mol. The van der Waals surface area contributed by atoms with E-state index in [9.17, 15) is 13.2 Å². The summed E-state index contributed by atoms with van der Waals surface area (Å²) in [5, 5.41) is 0. The molecule has 0 aliphatic carbocycles. The zero-order valence-electron chi connectivity index (χ0n) is 10.4. The number of ether oxygens (including phenoxy) is 1. The quantitative estimate of drug-likeness (QED) is 0.770. The van der Waals surface area contributed by atoms with Gasteiger partial charge in [-0.3, -0.25) is 4.79 Å². The third-order valence-electron chi connectivity index (χ3n) is 2.66. The van der Waals surface area contributed by atoms with Crippen LogP contribution in [0, 0.1) is 0 Å². The lowest BCUT2D eigenvalue weighted by molar-refractivity contribution is -0.146. The second-order valence-corrected chi connectivity index (χ2v) is 6.37. The van der Waals surface area contributed by atoms with Gasteiger partial charge in [-0.1, -0.05) is 18.2 Å². The molecular formula is C12H16O4S. The Bertz CT molecular complexity index is 529. The molecule has 4 nitrogen and oxygen atoms in total. The number of hydrogen-bond acceptors (Lipinski definition) is 4. The molecule has 0 heterocycles. The molecule has 0 atom stereocenters. The Morgan fingerprint density at radius 3 is 2.24 bits per heavy atom. The van der Waals surface area contributed by atoms with Crippen LogP contribution in [0.15, 0.2) is 29.2 Å². The van der Waals surface area contributed by atoms with Crippen molar-refractivity contribution in [2.24, 2.45) is 0 Å². The van der Waals surface area contributed by atoms with E-state index in [-0.39, 0.29) is 4.90 Å². The molecule has 1 aromatic rings. The van der Waals surface area contributed by atoms with Gasteiger partial charge in [-0.05, 0) is 25.5 Å². The Labute approximate surface area is 102 Å². The standard InChI is InChI=1S/C12H16O4S/c1-12(2,11(13)16-3)9-7-5-6-8-10(9)17(4,14)15/h5-8H,1-4H3. The molecule has 5 heteroatoms. The Balaban J connectivity index is 3.48. The summed E-state index contributed by atoms with van der Waals surface area (Å²) in [6, 6.07) is 6.46. The zero-order chi connectivity index (χ0) is 13.3. The molecule has 1 aromatic carbocycles. The summed E-state index contributed by atoms with van der Waals surface area (Å²) in [4.78, 5) is 11.9. The Morgan fingerprint density at radius 1 is 1.24 bits per heavy atom. The molecule has 17 heavy (non-hydrogen) atoms. The van der Waals surface area contributed by atoms with Crippen molar-refractivity contribution in [3.05, 3.63) is 29.8 Å². The maximum Gasteiger partial charge on any atom is 0.315 e. The van der Waals surface area contributed by atoms with Crippen molar-refractivity contribution >= 4 is 15.8 Å². The first-order valence-corrected chi connectivity index (χ1v) is 6.98. The SMILES string of the molecule is COC(=O)C(C)(C)c1ccccc1S(C)(=O)=O. The van der Waals surface area contributed by atoms with E-state index in [1.807, 2.05) is 0 Å². The van der Waals surface area contributed by atoms with Gasteiger partial charge in [-0.2, -0.15) is 0 Å². The third-order valence-corrected chi connectivity index (χ3v) is 3.81. The van der Waals surface area contributed by atoms with Gasteiger partial charge in [0, 0.05) is 6.26 Å². The first-order valence-electron chi connectivity index (χ1n) is 5.09. The van der Waals surface area contributed by atoms with Crippen molar-refractivity contribution < 1.29 is 17.9 Å². The Kier molecular flexibility index (Phi) is 3.62. The number of esters is 1. The van der Waals surface area contributed by atoms with Crippen LogP contribution in [0.5, 0.6) is 0 Å². The summed E-state index contributed by atoms with van der Waals surface area (Å²) in [6.45, 7) is 3.28. The van der Waals surface area contributed by atoms with Gasteiger partial charge in [0.05, 0.1) is 17.4 Å². The third kappa shape index (κ3) is 2.66. The lowest BCUT2D eigenvalue weighted by Gasteiger charge is -2.24. The number of carbonyl (C=O) groups is 1. The predicted octanol–water partition coefficient (Wildman–Crippen LogP) is 1.54. The number of carbonyl (C=O) groups excluding carboxylic acids is 1. The molecule has 0 N–H and O–H groups in total. The van der Waals surface area contributed by atoms with Crippen LogP contribution in [-0.4, -0.2) is 27.8 Å². The fourth-order valence-corrected chi connectivity index (χ4v) is 2.72. The predicted molar refractivity (Wildman–Crippen MR) is 64.6 cm³/mol. The average molecular weight is 256 g/mol. The topological polar surface area (TPSA) is 60.4 Å². The molecule has 0 aromatic heterocycles. The van der Waals surface area contributed by atoms with Crippen LogP contribution in [0.3, 0.4) is 0 Å². The van der Waals surface area contributed by atoms with Crippen LogP contribution in [-0.2, 0) is 24.8 Å². The van der Waals surface area contributed by atoms with Gasteiger partial charge in [0.2, 0.25) is 0 Å². The van der Waals surface area contributed by atoms with Crippen LogP contribution in [0.25, 0.3) is 0 Å². The minimum absolute atomic E-state index is 0.162. The van der Waals surface area contributed by atoms with Gasteiger partial charge >= 0.3 is 5.97 Å². The van der Waals surface area contributed by atoms with Crippen LogP contribution in [0.2, 0.25) is 0 Å². The molecule has 1 rings (SSSR count). The highest BCUT2D eigenvalue weighted by molar-refractivity contribution is 7.90. The van der Waals surface area contributed by atoms with Gasteiger partial charge < -0.3 is 4.74 Å². The number of benzene rings is 1. The molecule has 0 fully saturated rings. The van der Waals surface area contributed by atoms with Crippen molar-refractivity contribution in [2.75, 3.05) is 13.4 Å². The van der Waals surface area contributed by atoms with E-state index in [1.54, 1.807) is 32.0 Å². The molecule has 0 saturated carbocycles. The van der Waals surface area contributed by atoms with Gasteiger partial charge in [-0.25, -0.2) is 8.42 Å². The molecule has 0 saturated heterocycles.